The number of hydrogen-bond donors (Lipinski definition) is 0. The summed E-state index contributed by atoms with van der Waals surface area (Å²) >= 11 is 1.75. The summed E-state index contributed by atoms with van der Waals surface area (Å²) in [4.78, 5) is 30.7. The molecule has 1 atom stereocenters. The van der Waals surface area contributed by atoms with Gasteiger partial charge in [-0.15, -0.1) is 11.3 Å². The molecule has 30 heavy (non-hydrogen) atoms. The minimum Gasteiger partial charge on any atom is -0.491 e. The summed E-state index contributed by atoms with van der Waals surface area (Å²) in [5.41, 5.74) is 3.48. The Morgan fingerprint density at radius 2 is 2.03 bits per heavy atom. The van der Waals surface area contributed by atoms with E-state index in [2.05, 4.69) is 24.4 Å². The zero-order valence-corrected chi connectivity index (χ0v) is 18.8. The van der Waals surface area contributed by atoms with E-state index in [9.17, 15) is 9.59 Å². The molecule has 6 heteroatoms. The van der Waals surface area contributed by atoms with Crippen LogP contribution in [-0.2, 0) is 16.0 Å². The first-order valence-corrected chi connectivity index (χ1v) is 11.7. The largest absolute Gasteiger partial charge is 0.491 e. The summed E-state index contributed by atoms with van der Waals surface area (Å²) < 4.78 is 6.20. The minimum absolute atomic E-state index is 0.0110. The molecule has 1 aromatic carbocycles. The van der Waals surface area contributed by atoms with E-state index >= 15 is 0 Å². The van der Waals surface area contributed by atoms with Gasteiger partial charge in [0.1, 0.15) is 12.4 Å². The highest BCUT2D eigenvalue weighted by Crippen LogP contribution is 2.35. The molecule has 1 unspecified atom stereocenters. The quantitative estimate of drug-likeness (QED) is 0.669. The highest BCUT2D eigenvalue weighted by atomic mass is 32.1. The summed E-state index contributed by atoms with van der Waals surface area (Å²) in [6.45, 7) is 7.88. The van der Waals surface area contributed by atoms with Gasteiger partial charge in [-0.05, 0) is 68.7 Å². The molecule has 5 nitrogen and oxygen atoms in total. The van der Waals surface area contributed by atoms with Gasteiger partial charge in [0.05, 0.1) is 12.6 Å². The number of carbonyl (C=O) groups is 2. The third-order valence-corrected chi connectivity index (χ3v) is 7.08. The van der Waals surface area contributed by atoms with Crippen LogP contribution in [-0.4, -0.2) is 47.9 Å². The van der Waals surface area contributed by atoms with E-state index < -0.39 is 0 Å². The molecule has 1 fully saturated rings. The molecule has 2 aromatic rings. The molecule has 0 saturated heterocycles. The topological polar surface area (TPSA) is 49.9 Å². The van der Waals surface area contributed by atoms with Crippen molar-refractivity contribution in [3.63, 3.8) is 0 Å². The molecule has 1 aliphatic carbocycles. The Bertz CT molecular complexity index is 934. The predicted molar refractivity (Wildman–Crippen MR) is 119 cm³/mol. The maximum absolute atomic E-state index is 13.3. The Morgan fingerprint density at radius 1 is 1.23 bits per heavy atom. The van der Waals surface area contributed by atoms with Gasteiger partial charge in [-0.1, -0.05) is 17.7 Å². The van der Waals surface area contributed by atoms with E-state index in [-0.39, 0.29) is 30.3 Å². The Hall–Kier alpha value is -2.34. The molecule has 0 radical (unpaired) electrons. The van der Waals surface area contributed by atoms with Gasteiger partial charge in [0.2, 0.25) is 11.8 Å². The molecule has 1 saturated carbocycles. The van der Waals surface area contributed by atoms with E-state index in [1.165, 1.54) is 16.0 Å². The number of amides is 2. The van der Waals surface area contributed by atoms with Gasteiger partial charge in [-0.25, -0.2) is 0 Å². The lowest BCUT2D eigenvalue weighted by Crippen LogP contribution is -2.48. The number of nitrogens with zero attached hydrogens (tertiary/aromatic N) is 2. The second-order valence-electron chi connectivity index (χ2n) is 8.36. The number of hydrogen-bond acceptors (Lipinski definition) is 4. The van der Waals surface area contributed by atoms with Gasteiger partial charge in [-0.3, -0.25) is 9.59 Å². The molecule has 2 heterocycles. The van der Waals surface area contributed by atoms with Crippen molar-refractivity contribution in [2.75, 3.05) is 26.2 Å². The van der Waals surface area contributed by atoms with Crippen molar-refractivity contribution in [2.24, 2.45) is 5.92 Å². The molecule has 2 amide bonds. The Balaban J connectivity index is 1.50. The molecule has 1 aromatic heterocycles. The smallest absolute Gasteiger partial charge is 0.242 e. The standard InChI is InChI=1S/C24H30N2O3S/c1-4-25(24(28)18-6-7-18)14-23(27)26-11-9-22-19(10-12-30-22)20(26)15-29-21-8-5-16(2)13-17(21)3/h5,8,10,12-13,18,20H,4,6-7,9,11,14-15H2,1-3H3. The lowest BCUT2D eigenvalue weighted by Gasteiger charge is -2.37. The fourth-order valence-corrected chi connectivity index (χ4v) is 5.12. The molecule has 1 aliphatic heterocycles. The van der Waals surface area contributed by atoms with Crippen molar-refractivity contribution >= 4 is 23.2 Å². The highest BCUT2D eigenvalue weighted by molar-refractivity contribution is 7.10. The molecule has 4 rings (SSSR count). The first-order chi connectivity index (χ1) is 14.5. The van der Waals surface area contributed by atoms with Crippen molar-refractivity contribution in [3.8, 4) is 5.75 Å². The van der Waals surface area contributed by atoms with Crippen LogP contribution in [0.4, 0.5) is 0 Å². The van der Waals surface area contributed by atoms with E-state index in [0.29, 0.717) is 19.7 Å². The number of carbonyl (C=O) groups excluding carboxylic acids is 2. The number of rotatable bonds is 7. The monoisotopic (exact) mass is 426 g/mol. The van der Waals surface area contributed by atoms with Crippen molar-refractivity contribution in [2.45, 2.75) is 46.1 Å². The summed E-state index contributed by atoms with van der Waals surface area (Å²) in [5, 5.41) is 2.09. The highest BCUT2D eigenvalue weighted by Gasteiger charge is 2.36. The lowest BCUT2D eigenvalue weighted by molar-refractivity contribution is -0.143. The predicted octanol–water partition coefficient (Wildman–Crippen LogP) is 4.13. The maximum Gasteiger partial charge on any atom is 0.242 e. The Kier molecular flexibility index (Phi) is 6.14. The van der Waals surface area contributed by atoms with E-state index in [1.807, 2.05) is 30.9 Å². The van der Waals surface area contributed by atoms with Crippen LogP contribution in [0.1, 0.15) is 47.4 Å². The van der Waals surface area contributed by atoms with Crippen LogP contribution in [0.25, 0.3) is 0 Å². The fraction of sp³-hybridized carbons (Fsp3) is 0.500. The number of thiophene rings is 1. The number of aryl methyl sites for hydroxylation is 2. The second-order valence-corrected chi connectivity index (χ2v) is 9.36. The van der Waals surface area contributed by atoms with Crippen molar-refractivity contribution in [3.05, 3.63) is 51.2 Å². The third kappa shape index (κ3) is 4.38. The maximum atomic E-state index is 13.3. The number of likely N-dealkylation sites (N-methyl/N-ethyl adjacent to an activating group) is 1. The zero-order valence-electron chi connectivity index (χ0n) is 18.0. The van der Waals surface area contributed by atoms with Crippen LogP contribution in [0.5, 0.6) is 5.75 Å². The molecule has 0 spiro atoms. The summed E-state index contributed by atoms with van der Waals surface area (Å²) in [6.07, 6.45) is 2.78. The van der Waals surface area contributed by atoms with Gasteiger partial charge < -0.3 is 14.5 Å². The van der Waals surface area contributed by atoms with Crippen LogP contribution in [0.15, 0.2) is 29.6 Å². The minimum atomic E-state index is -0.122. The van der Waals surface area contributed by atoms with Crippen LogP contribution >= 0.6 is 11.3 Å². The normalized spacial score (nSPS) is 18.1. The van der Waals surface area contributed by atoms with Gasteiger partial charge in [0.15, 0.2) is 0 Å². The molecular formula is C24H30N2O3S. The third-order valence-electron chi connectivity index (χ3n) is 6.09. The van der Waals surface area contributed by atoms with Crippen molar-refractivity contribution in [1.82, 2.24) is 9.80 Å². The van der Waals surface area contributed by atoms with Crippen molar-refractivity contribution in [1.29, 1.82) is 0 Å². The average Bonchev–Trinajstić information content (AvgIpc) is 3.47. The van der Waals surface area contributed by atoms with E-state index in [0.717, 1.165) is 30.6 Å². The Morgan fingerprint density at radius 3 is 2.73 bits per heavy atom. The first-order valence-electron chi connectivity index (χ1n) is 10.8. The lowest BCUT2D eigenvalue weighted by atomic mass is 10.00. The number of fused-ring (bicyclic) bond motifs is 1. The molecule has 0 N–H and O–H groups in total. The summed E-state index contributed by atoms with van der Waals surface area (Å²) in [6, 6.07) is 8.15. The molecule has 0 bridgehead atoms. The van der Waals surface area contributed by atoms with Gasteiger partial charge in [0.25, 0.3) is 0 Å². The van der Waals surface area contributed by atoms with Crippen molar-refractivity contribution < 1.29 is 14.3 Å². The van der Waals surface area contributed by atoms with Gasteiger partial charge in [0, 0.05) is 23.9 Å². The van der Waals surface area contributed by atoms with Gasteiger partial charge >= 0.3 is 0 Å². The zero-order chi connectivity index (χ0) is 21.3. The van der Waals surface area contributed by atoms with Crippen LogP contribution < -0.4 is 4.74 Å². The fourth-order valence-electron chi connectivity index (χ4n) is 4.19. The van der Waals surface area contributed by atoms with Gasteiger partial charge in [-0.2, -0.15) is 0 Å². The van der Waals surface area contributed by atoms with Crippen LogP contribution in [0.3, 0.4) is 0 Å². The second kappa shape index (κ2) is 8.80. The van der Waals surface area contributed by atoms with E-state index in [1.54, 1.807) is 16.2 Å². The first kappa shape index (κ1) is 20.9. The summed E-state index contributed by atoms with van der Waals surface area (Å²) in [7, 11) is 0. The number of benzene rings is 1. The van der Waals surface area contributed by atoms with Crippen LogP contribution in [0, 0.1) is 19.8 Å². The summed E-state index contributed by atoms with van der Waals surface area (Å²) in [5.74, 6) is 1.12. The van der Waals surface area contributed by atoms with Crippen LogP contribution in [0.2, 0.25) is 0 Å². The Labute approximate surface area is 182 Å². The average molecular weight is 427 g/mol. The molecular weight excluding hydrogens is 396 g/mol. The molecule has 160 valence electrons. The SMILES string of the molecule is CCN(CC(=O)N1CCc2sccc2C1COc1ccc(C)cc1C)C(=O)C1CC1. The van der Waals surface area contributed by atoms with E-state index in [4.69, 9.17) is 4.74 Å². The molecule has 2 aliphatic rings. The number of ether oxygens (including phenoxy) is 1.